The SMILES string of the molecule is CCC1=NCC=[N+]1[O-]. The van der Waals surface area contributed by atoms with E-state index in [1.54, 1.807) is 0 Å². The number of hydroxylamine groups is 1. The summed E-state index contributed by atoms with van der Waals surface area (Å²) in [5.74, 6) is 0.644. The van der Waals surface area contributed by atoms with Gasteiger partial charge in [-0.25, -0.2) is 4.74 Å². The van der Waals surface area contributed by atoms with Gasteiger partial charge in [-0.15, -0.1) is 0 Å². The average Bonchev–Trinajstić information content (AvgIpc) is 2.14. The van der Waals surface area contributed by atoms with E-state index in [0.717, 1.165) is 11.2 Å². The van der Waals surface area contributed by atoms with Gasteiger partial charge in [0.05, 0.1) is 6.42 Å². The highest BCUT2D eigenvalue weighted by Crippen LogP contribution is 1.91. The van der Waals surface area contributed by atoms with Crippen molar-refractivity contribution in [2.75, 3.05) is 6.54 Å². The minimum Gasteiger partial charge on any atom is -0.711 e. The molecule has 1 heterocycles. The van der Waals surface area contributed by atoms with Crippen LogP contribution in [0, 0.1) is 5.21 Å². The lowest BCUT2D eigenvalue weighted by molar-refractivity contribution is -0.318. The van der Waals surface area contributed by atoms with Crippen molar-refractivity contribution in [3.63, 3.8) is 0 Å². The maximum atomic E-state index is 10.5. The highest BCUT2D eigenvalue weighted by Gasteiger charge is 2.09. The van der Waals surface area contributed by atoms with E-state index in [2.05, 4.69) is 4.99 Å². The maximum absolute atomic E-state index is 10.5. The monoisotopic (exact) mass is 112 g/mol. The summed E-state index contributed by atoms with van der Waals surface area (Å²) in [6, 6.07) is 0. The van der Waals surface area contributed by atoms with Crippen LogP contribution in [0.3, 0.4) is 0 Å². The zero-order chi connectivity index (χ0) is 5.98. The summed E-state index contributed by atoms with van der Waals surface area (Å²) in [4.78, 5) is 3.91. The van der Waals surface area contributed by atoms with Crippen LogP contribution in [0.2, 0.25) is 0 Å². The Kier molecular flexibility index (Phi) is 1.28. The summed E-state index contributed by atoms with van der Waals surface area (Å²) in [7, 11) is 0. The smallest absolute Gasteiger partial charge is 0.295 e. The molecule has 0 fully saturated rings. The molecule has 1 rings (SSSR count). The molecule has 44 valence electrons. The van der Waals surface area contributed by atoms with Gasteiger partial charge in [0.15, 0.2) is 6.54 Å². The molecule has 0 aromatic heterocycles. The molecule has 3 heteroatoms. The topological polar surface area (TPSA) is 38.4 Å². The second-order valence-electron chi connectivity index (χ2n) is 1.62. The molecule has 0 aromatic rings. The first-order valence-corrected chi connectivity index (χ1v) is 2.67. The van der Waals surface area contributed by atoms with Crippen molar-refractivity contribution >= 4 is 12.1 Å². The molecule has 0 saturated carbocycles. The van der Waals surface area contributed by atoms with Crippen LogP contribution in [-0.4, -0.2) is 23.3 Å². The van der Waals surface area contributed by atoms with Gasteiger partial charge in [-0.3, -0.25) is 0 Å². The molecule has 1 aliphatic heterocycles. The summed E-state index contributed by atoms with van der Waals surface area (Å²) >= 11 is 0. The van der Waals surface area contributed by atoms with Gasteiger partial charge in [-0.2, -0.15) is 0 Å². The number of aliphatic imine (C=N–C) groups is 1. The van der Waals surface area contributed by atoms with Crippen molar-refractivity contribution in [3.05, 3.63) is 5.21 Å². The molecule has 0 bridgehead atoms. The molecule has 0 unspecified atom stereocenters. The van der Waals surface area contributed by atoms with E-state index in [9.17, 15) is 5.21 Å². The van der Waals surface area contributed by atoms with Gasteiger partial charge in [-0.05, 0) is 0 Å². The third-order valence-electron chi connectivity index (χ3n) is 1.09. The quantitative estimate of drug-likeness (QED) is 0.357. The minimum absolute atomic E-state index is 0.562. The molecule has 0 N–H and O–H groups in total. The second-order valence-corrected chi connectivity index (χ2v) is 1.62. The fourth-order valence-electron chi connectivity index (χ4n) is 0.663. The maximum Gasteiger partial charge on any atom is 0.295 e. The number of hydrogen-bond donors (Lipinski definition) is 0. The Morgan fingerprint density at radius 3 is 3.00 bits per heavy atom. The van der Waals surface area contributed by atoms with Crippen molar-refractivity contribution in [1.29, 1.82) is 0 Å². The molecule has 8 heavy (non-hydrogen) atoms. The summed E-state index contributed by atoms with van der Waals surface area (Å²) < 4.78 is 0.833. The fraction of sp³-hybridized carbons (Fsp3) is 0.600. The third kappa shape index (κ3) is 0.710. The van der Waals surface area contributed by atoms with Crippen LogP contribution in [0.5, 0.6) is 0 Å². The lowest BCUT2D eigenvalue weighted by Gasteiger charge is -1.99. The largest absolute Gasteiger partial charge is 0.711 e. The molecular formula is C5H8N2O. The van der Waals surface area contributed by atoms with Gasteiger partial charge >= 0.3 is 0 Å². The Morgan fingerprint density at radius 1 is 2.00 bits per heavy atom. The molecule has 3 nitrogen and oxygen atoms in total. The molecule has 0 radical (unpaired) electrons. The average molecular weight is 112 g/mol. The summed E-state index contributed by atoms with van der Waals surface area (Å²) in [5, 5.41) is 10.5. The molecule has 1 aliphatic rings. The van der Waals surface area contributed by atoms with Crippen molar-refractivity contribution in [2.45, 2.75) is 13.3 Å². The van der Waals surface area contributed by atoms with Crippen molar-refractivity contribution < 1.29 is 4.74 Å². The van der Waals surface area contributed by atoms with Crippen LogP contribution in [0.4, 0.5) is 0 Å². The van der Waals surface area contributed by atoms with Gasteiger partial charge < -0.3 is 5.21 Å². The molecule has 0 aromatic carbocycles. The predicted octanol–water partition coefficient (Wildman–Crippen LogP) is 0.390. The lowest BCUT2D eigenvalue weighted by atomic mass is 10.5. The standard InChI is InChI=1S/C5H8N2O/c1-2-5-6-3-4-7(5)8/h4H,2-3H2,1H3. The first-order valence-electron chi connectivity index (χ1n) is 2.67. The zero-order valence-corrected chi connectivity index (χ0v) is 4.79. The summed E-state index contributed by atoms with van der Waals surface area (Å²) in [6.45, 7) is 2.48. The van der Waals surface area contributed by atoms with Gasteiger partial charge in [0.25, 0.3) is 5.84 Å². The molecule has 0 spiro atoms. The van der Waals surface area contributed by atoms with E-state index in [1.807, 2.05) is 6.92 Å². The van der Waals surface area contributed by atoms with Gasteiger partial charge in [0.2, 0.25) is 0 Å². The van der Waals surface area contributed by atoms with Crippen LogP contribution in [-0.2, 0) is 0 Å². The molecule has 0 atom stereocenters. The zero-order valence-electron chi connectivity index (χ0n) is 4.79. The van der Waals surface area contributed by atoms with Gasteiger partial charge in [0.1, 0.15) is 6.21 Å². The van der Waals surface area contributed by atoms with Crippen LogP contribution < -0.4 is 0 Å². The fourth-order valence-corrected chi connectivity index (χ4v) is 0.663. The number of amidine groups is 1. The highest BCUT2D eigenvalue weighted by atomic mass is 16.5. The number of rotatable bonds is 1. The third-order valence-corrected chi connectivity index (χ3v) is 1.09. The summed E-state index contributed by atoms with van der Waals surface area (Å²) in [6.07, 6.45) is 2.26. The Labute approximate surface area is 47.9 Å². The Balaban J connectivity index is 2.66. The Bertz CT molecular complexity index is 149. The predicted molar refractivity (Wildman–Crippen MR) is 32.3 cm³/mol. The van der Waals surface area contributed by atoms with Gasteiger partial charge in [-0.1, -0.05) is 11.9 Å². The van der Waals surface area contributed by atoms with E-state index in [0.29, 0.717) is 12.4 Å². The molecular weight excluding hydrogens is 104 g/mol. The lowest BCUT2D eigenvalue weighted by Crippen LogP contribution is -2.08. The van der Waals surface area contributed by atoms with Crippen LogP contribution >= 0.6 is 0 Å². The first kappa shape index (κ1) is 5.28. The second kappa shape index (κ2) is 1.94. The van der Waals surface area contributed by atoms with E-state index in [4.69, 9.17) is 0 Å². The van der Waals surface area contributed by atoms with E-state index in [-0.39, 0.29) is 0 Å². The van der Waals surface area contributed by atoms with Gasteiger partial charge in [0, 0.05) is 0 Å². The highest BCUT2D eigenvalue weighted by molar-refractivity contribution is 5.82. The normalized spacial score (nSPS) is 18.1. The molecule has 0 amide bonds. The van der Waals surface area contributed by atoms with Crippen LogP contribution in [0.1, 0.15) is 13.3 Å². The molecule has 0 saturated heterocycles. The van der Waals surface area contributed by atoms with Crippen molar-refractivity contribution in [3.8, 4) is 0 Å². The van der Waals surface area contributed by atoms with Crippen LogP contribution in [0.15, 0.2) is 4.99 Å². The Morgan fingerprint density at radius 2 is 2.75 bits per heavy atom. The first-order chi connectivity index (χ1) is 3.84. The van der Waals surface area contributed by atoms with Crippen molar-refractivity contribution in [2.24, 2.45) is 4.99 Å². The summed E-state index contributed by atoms with van der Waals surface area (Å²) in [5.41, 5.74) is 0. The minimum atomic E-state index is 0.562. The number of hydrogen-bond acceptors (Lipinski definition) is 2. The van der Waals surface area contributed by atoms with E-state index < -0.39 is 0 Å². The van der Waals surface area contributed by atoms with Crippen molar-refractivity contribution in [1.82, 2.24) is 0 Å². The van der Waals surface area contributed by atoms with Crippen LogP contribution in [0.25, 0.3) is 0 Å². The molecule has 0 aliphatic carbocycles. The number of nitrogens with zero attached hydrogens (tertiary/aromatic N) is 2. The Hall–Kier alpha value is -0.860. The van der Waals surface area contributed by atoms with E-state index in [1.165, 1.54) is 6.21 Å². The van der Waals surface area contributed by atoms with E-state index >= 15 is 0 Å².